The second kappa shape index (κ2) is 30.5. The van der Waals surface area contributed by atoms with Crippen LogP contribution < -0.4 is 9.47 Å². The monoisotopic (exact) mass is 1220 g/mol. The Balaban J connectivity index is 0.000000369. The lowest BCUT2D eigenvalue weighted by atomic mass is 9.69. The summed E-state index contributed by atoms with van der Waals surface area (Å²) in [7, 11) is -2.39. The number of cyclic esters (lactones) is 1. The minimum atomic E-state index is -1.88. The van der Waals surface area contributed by atoms with Crippen LogP contribution in [0.2, 0.25) is 36.3 Å². The van der Waals surface area contributed by atoms with Crippen molar-refractivity contribution in [3.8, 4) is 11.5 Å². The standard InChI is InChI=1S/C38H62O5Si.C37H58O4Si/c1-14-38(15-2,31-19-21-33(28(4)25-31)42-26-32(39)20-23-35(40)41-11)30-18-16-29(27(3)24-30)17-22-34(36(5,6)7)43-44(12,13)37(8,9)10;1-13-37(14-2,30-18-20-32(27(4)24-30)39-25-31-19-22-34(38)40-31)29-17-15-28(26(3)23-29)16-21-33(35(5,6)7)41-42(11,12)36(8,9)10/h16,18-19,21,24-25,32,34,39H,14-15,17,20,22-23,26H2,1-13H3;15,17-18,20,23-24,31,33H,13-14,16,19,21-22,25H2,1-12H3/t32-,34?;31-,33?/m00/s1. The molecule has 1 saturated heterocycles. The molecule has 0 amide bonds. The van der Waals surface area contributed by atoms with Gasteiger partial charge in [0.05, 0.1) is 25.4 Å². The molecule has 2 unspecified atom stereocenters. The summed E-state index contributed by atoms with van der Waals surface area (Å²) in [6, 6.07) is 27.3. The summed E-state index contributed by atoms with van der Waals surface area (Å²) < 4.78 is 36.0. The number of benzene rings is 4. The van der Waals surface area contributed by atoms with Crippen LogP contribution in [-0.2, 0) is 51.6 Å². The number of aryl methyl sites for hydroxylation is 6. The van der Waals surface area contributed by atoms with Crippen molar-refractivity contribution in [1.29, 1.82) is 0 Å². The van der Waals surface area contributed by atoms with Crippen molar-refractivity contribution in [1.82, 2.24) is 0 Å². The molecule has 1 aliphatic rings. The number of methoxy groups -OCH3 is 1. The molecule has 9 nitrogen and oxygen atoms in total. The Labute approximate surface area is 526 Å². The molecule has 0 radical (unpaired) electrons. The van der Waals surface area contributed by atoms with Gasteiger partial charge in [0.15, 0.2) is 16.6 Å². The maximum absolute atomic E-state index is 11.4. The van der Waals surface area contributed by atoms with Crippen LogP contribution in [0.5, 0.6) is 11.5 Å². The van der Waals surface area contributed by atoms with Crippen molar-refractivity contribution < 1.29 is 42.5 Å². The van der Waals surface area contributed by atoms with E-state index in [4.69, 9.17) is 23.1 Å². The normalized spacial score (nSPS) is 15.8. The second-order valence-corrected chi connectivity index (χ2v) is 39.9. The zero-order chi connectivity index (χ0) is 65.0. The quantitative estimate of drug-likeness (QED) is 0.0461. The zero-order valence-corrected chi connectivity index (χ0v) is 60.9. The number of carbonyl (C=O) groups excluding carboxylic acids is 2. The van der Waals surface area contributed by atoms with E-state index in [0.29, 0.717) is 19.4 Å². The molecule has 0 spiro atoms. The third-order valence-electron chi connectivity index (χ3n) is 20.2. The van der Waals surface area contributed by atoms with Crippen molar-refractivity contribution >= 4 is 28.6 Å². The molecule has 0 bridgehead atoms. The third kappa shape index (κ3) is 19.4. The molecular formula is C75H120O9Si2. The van der Waals surface area contributed by atoms with Gasteiger partial charge in [-0.15, -0.1) is 0 Å². The van der Waals surface area contributed by atoms with E-state index in [1.807, 2.05) is 6.07 Å². The Morgan fingerprint density at radius 2 is 0.942 bits per heavy atom. The summed E-state index contributed by atoms with van der Waals surface area (Å²) in [5, 5.41) is 10.6. The Bertz CT molecular complexity index is 2810. The summed E-state index contributed by atoms with van der Waals surface area (Å²) in [4.78, 5) is 22.8. The zero-order valence-electron chi connectivity index (χ0n) is 58.9. The first-order chi connectivity index (χ1) is 39.7. The van der Waals surface area contributed by atoms with Gasteiger partial charge >= 0.3 is 11.9 Å². The molecule has 5 rings (SSSR count). The molecule has 4 aromatic carbocycles. The highest BCUT2D eigenvalue weighted by Gasteiger charge is 2.43. The number of hydrogen-bond acceptors (Lipinski definition) is 9. The number of carbonyl (C=O) groups is 2. The molecule has 1 fully saturated rings. The first-order valence-electron chi connectivity index (χ1n) is 32.7. The highest BCUT2D eigenvalue weighted by molar-refractivity contribution is 6.74. The summed E-state index contributed by atoms with van der Waals surface area (Å²) >= 11 is 0. The highest BCUT2D eigenvalue weighted by atomic mass is 28.4. The number of ether oxygens (including phenoxy) is 4. The first-order valence-corrected chi connectivity index (χ1v) is 38.5. The maximum atomic E-state index is 11.4. The van der Waals surface area contributed by atoms with Gasteiger partial charge < -0.3 is 32.9 Å². The van der Waals surface area contributed by atoms with Gasteiger partial charge in [0, 0.05) is 23.7 Å². The smallest absolute Gasteiger partial charge is 0.306 e. The summed E-state index contributed by atoms with van der Waals surface area (Å²) in [5.74, 6) is 1.17. The topological polar surface area (TPSA) is 110 Å². The lowest BCUT2D eigenvalue weighted by molar-refractivity contribution is -0.142. The predicted octanol–water partition coefficient (Wildman–Crippen LogP) is 19.3. The molecule has 4 atom stereocenters. The summed E-state index contributed by atoms with van der Waals surface area (Å²) in [6.45, 7) is 55.7. The van der Waals surface area contributed by atoms with Crippen LogP contribution in [0.15, 0.2) is 72.8 Å². The van der Waals surface area contributed by atoms with E-state index in [9.17, 15) is 14.7 Å². The molecular weight excluding hydrogens is 1100 g/mol. The number of aliphatic hydroxyl groups is 1. The molecule has 0 aromatic heterocycles. The number of hydrogen-bond donors (Lipinski definition) is 1. The van der Waals surface area contributed by atoms with Gasteiger partial charge in [0.25, 0.3) is 0 Å². The summed E-state index contributed by atoms with van der Waals surface area (Å²) in [6.07, 6.45) is 9.38. The average Bonchev–Trinajstić information content (AvgIpc) is 1.12. The van der Waals surface area contributed by atoms with Crippen LogP contribution in [0.3, 0.4) is 0 Å². The third-order valence-corrected chi connectivity index (χ3v) is 29.1. The lowest BCUT2D eigenvalue weighted by Gasteiger charge is -2.43. The predicted molar refractivity (Wildman–Crippen MR) is 364 cm³/mol. The fourth-order valence-electron chi connectivity index (χ4n) is 11.7. The van der Waals surface area contributed by atoms with E-state index >= 15 is 0 Å². The maximum Gasteiger partial charge on any atom is 0.306 e. The van der Waals surface area contributed by atoms with Gasteiger partial charge in [-0.3, -0.25) is 9.59 Å². The van der Waals surface area contributed by atoms with Gasteiger partial charge in [-0.1, -0.05) is 171 Å². The fraction of sp³-hybridized carbons (Fsp3) is 0.653. The van der Waals surface area contributed by atoms with Crippen LogP contribution in [0.1, 0.15) is 231 Å². The van der Waals surface area contributed by atoms with Crippen LogP contribution in [-0.4, -0.2) is 78.4 Å². The molecule has 4 aromatic rings. The van der Waals surface area contributed by atoms with E-state index in [2.05, 4.69) is 236 Å². The van der Waals surface area contributed by atoms with Crippen LogP contribution >= 0.6 is 0 Å². The molecule has 11 heteroatoms. The average molecular weight is 1220 g/mol. The Morgan fingerprint density at radius 1 is 0.570 bits per heavy atom. The second-order valence-electron chi connectivity index (χ2n) is 30.4. The number of aliphatic hydroxyl groups excluding tert-OH is 1. The molecule has 1 aliphatic heterocycles. The Hall–Kier alpha value is -4.27. The lowest BCUT2D eigenvalue weighted by Crippen LogP contribution is -2.47. The minimum absolute atomic E-state index is 0.0625. The fourth-order valence-corrected chi connectivity index (χ4v) is 14.8. The summed E-state index contributed by atoms with van der Waals surface area (Å²) in [5.41, 5.74) is 13.0. The number of rotatable bonds is 27. The SMILES string of the molecule is CCC(CC)(c1ccc(CCC(O[Si](C)(C)C(C)(C)C)C(C)(C)C)c(C)c1)c1ccc(OC[C@@H](O)CCC(=O)OC)c(C)c1.CCC(CC)(c1ccc(CCC(O[Si](C)(C)C(C)(C)C)C(C)(C)C)c(C)c1)c1ccc(OC[C@@H]2CCC(=O)O2)c(C)c1. The van der Waals surface area contributed by atoms with E-state index < -0.39 is 22.7 Å². The van der Waals surface area contributed by atoms with Gasteiger partial charge in [-0.25, -0.2) is 0 Å². The molecule has 0 saturated carbocycles. The highest BCUT2D eigenvalue weighted by Crippen LogP contribution is 2.45. The molecule has 86 heavy (non-hydrogen) atoms. The van der Waals surface area contributed by atoms with E-state index in [-0.39, 0.29) is 75.0 Å². The number of esters is 2. The van der Waals surface area contributed by atoms with Crippen LogP contribution in [0.4, 0.5) is 0 Å². The van der Waals surface area contributed by atoms with Gasteiger partial charge in [-0.05, 0) is 207 Å². The van der Waals surface area contributed by atoms with Crippen molar-refractivity contribution in [2.24, 2.45) is 10.8 Å². The molecule has 1 N–H and O–H groups in total. The largest absolute Gasteiger partial charge is 0.491 e. The van der Waals surface area contributed by atoms with E-state index in [1.165, 1.54) is 51.6 Å². The van der Waals surface area contributed by atoms with E-state index in [1.54, 1.807) is 0 Å². The van der Waals surface area contributed by atoms with Gasteiger partial charge in [0.2, 0.25) is 0 Å². The van der Waals surface area contributed by atoms with Crippen molar-refractivity contribution in [3.05, 3.63) is 128 Å². The minimum Gasteiger partial charge on any atom is -0.491 e. The van der Waals surface area contributed by atoms with Crippen molar-refractivity contribution in [2.45, 2.75) is 287 Å². The van der Waals surface area contributed by atoms with Crippen molar-refractivity contribution in [2.75, 3.05) is 20.3 Å². The molecule has 0 aliphatic carbocycles. The van der Waals surface area contributed by atoms with Gasteiger partial charge in [-0.2, -0.15) is 0 Å². The Morgan fingerprint density at radius 3 is 1.26 bits per heavy atom. The molecule has 1 heterocycles. The Kier molecular flexibility index (Phi) is 26.3. The van der Waals surface area contributed by atoms with Gasteiger partial charge in [0.1, 0.15) is 30.8 Å². The van der Waals surface area contributed by atoms with E-state index in [0.717, 1.165) is 80.4 Å². The molecule has 482 valence electrons. The first kappa shape index (κ1) is 74.2. The van der Waals surface area contributed by atoms with Crippen LogP contribution in [0.25, 0.3) is 0 Å². The van der Waals surface area contributed by atoms with Crippen molar-refractivity contribution in [3.63, 3.8) is 0 Å². The van der Waals surface area contributed by atoms with Crippen LogP contribution in [0, 0.1) is 38.5 Å².